The van der Waals surface area contributed by atoms with E-state index in [1.54, 1.807) is 29.2 Å². The van der Waals surface area contributed by atoms with Gasteiger partial charge >= 0.3 is 6.61 Å². The van der Waals surface area contributed by atoms with E-state index in [0.29, 0.717) is 43.3 Å². The van der Waals surface area contributed by atoms with Crippen LogP contribution in [0, 0.1) is 5.82 Å². The molecule has 0 aliphatic carbocycles. The molecule has 0 aromatic heterocycles. The first-order valence-electron chi connectivity index (χ1n) is 9.09. The average molecular weight is 425 g/mol. The minimum atomic E-state index is -2.87. The van der Waals surface area contributed by atoms with Crippen LogP contribution in [-0.4, -0.2) is 48.5 Å². The highest BCUT2D eigenvalue weighted by Crippen LogP contribution is 2.20. The van der Waals surface area contributed by atoms with E-state index in [9.17, 15) is 18.0 Å². The van der Waals surface area contributed by atoms with Crippen molar-refractivity contribution >= 4 is 23.6 Å². The van der Waals surface area contributed by atoms with Gasteiger partial charge < -0.3 is 9.64 Å². The summed E-state index contributed by atoms with van der Waals surface area (Å²) in [6, 6.07) is 10.4. The van der Waals surface area contributed by atoms with Crippen molar-refractivity contribution in [2.45, 2.75) is 13.2 Å². The summed E-state index contributed by atoms with van der Waals surface area (Å²) in [5, 5.41) is 0.399. The predicted molar refractivity (Wildman–Crippen MR) is 105 cm³/mol. The van der Waals surface area contributed by atoms with E-state index in [1.165, 1.54) is 30.3 Å². The van der Waals surface area contributed by atoms with Crippen molar-refractivity contribution < 1.29 is 22.7 Å². The standard InChI is InChI=1S/C21H20ClF3N2O2/c22-19-13-17(23)5-4-16(19)14-26-9-11-27(12-10-26)20(28)8-3-15-1-6-18(7-2-15)29-21(24)25/h1-8,13,21H,9-12,14H2/b8-3-. The number of carbonyl (C=O) groups is 1. The van der Waals surface area contributed by atoms with Crippen molar-refractivity contribution in [3.63, 3.8) is 0 Å². The molecule has 3 rings (SSSR count). The molecule has 8 heteroatoms. The number of amides is 1. The molecule has 0 unspecified atom stereocenters. The first-order valence-corrected chi connectivity index (χ1v) is 9.46. The van der Waals surface area contributed by atoms with Gasteiger partial charge in [-0.05, 0) is 41.5 Å². The Bertz CT molecular complexity index is 867. The third kappa shape index (κ3) is 6.24. The van der Waals surface area contributed by atoms with Crippen LogP contribution in [0.5, 0.6) is 5.75 Å². The molecular weight excluding hydrogens is 405 g/mol. The summed E-state index contributed by atoms with van der Waals surface area (Å²) in [4.78, 5) is 16.3. The van der Waals surface area contributed by atoms with Gasteiger partial charge in [0.25, 0.3) is 0 Å². The Morgan fingerprint density at radius 2 is 1.79 bits per heavy atom. The molecule has 1 aliphatic rings. The first-order chi connectivity index (χ1) is 13.9. The molecular formula is C21H20ClF3N2O2. The molecule has 0 atom stereocenters. The molecule has 1 fully saturated rings. The number of ether oxygens (including phenoxy) is 1. The van der Waals surface area contributed by atoms with Gasteiger partial charge in [-0.25, -0.2) is 4.39 Å². The van der Waals surface area contributed by atoms with Crippen LogP contribution < -0.4 is 4.74 Å². The zero-order chi connectivity index (χ0) is 20.8. The van der Waals surface area contributed by atoms with E-state index in [4.69, 9.17) is 11.6 Å². The molecule has 0 bridgehead atoms. The second-order valence-corrected chi connectivity index (χ2v) is 7.03. The Labute approximate surface area is 172 Å². The molecule has 0 spiro atoms. The van der Waals surface area contributed by atoms with Gasteiger partial charge in [-0.3, -0.25) is 9.69 Å². The van der Waals surface area contributed by atoms with Crippen LogP contribution in [0.4, 0.5) is 13.2 Å². The van der Waals surface area contributed by atoms with Crippen molar-refractivity contribution in [2.24, 2.45) is 0 Å². The van der Waals surface area contributed by atoms with Crippen LogP contribution in [-0.2, 0) is 11.3 Å². The lowest BCUT2D eigenvalue weighted by atomic mass is 10.2. The average Bonchev–Trinajstić information content (AvgIpc) is 2.69. The largest absolute Gasteiger partial charge is 0.435 e. The van der Waals surface area contributed by atoms with Gasteiger partial charge in [-0.1, -0.05) is 29.8 Å². The van der Waals surface area contributed by atoms with Gasteiger partial charge in [0.2, 0.25) is 5.91 Å². The lowest BCUT2D eigenvalue weighted by molar-refractivity contribution is -0.127. The maximum atomic E-state index is 13.1. The van der Waals surface area contributed by atoms with Gasteiger partial charge in [0.15, 0.2) is 0 Å². The highest BCUT2D eigenvalue weighted by atomic mass is 35.5. The number of rotatable bonds is 6. The molecule has 0 saturated carbocycles. The number of benzene rings is 2. The number of nitrogens with zero attached hydrogens (tertiary/aromatic N) is 2. The van der Waals surface area contributed by atoms with Crippen LogP contribution in [0.1, 0.15) is 11.1 Å². The topological polar surface area (TPSA) is 32.8 Å². The fraction of sp³-hybridized carbons (Fsp3) is 0.286. The molecule has 2 aromatic carbocycles. The second kappa shape index (κ2) is 9.80. The molecule has 4 nitrogen and oxygen atoms in total. The van der Waals surface area contributed by atoms with E-state index >= 15 is 0 Å². The van der Waals surface area contributed by atoms with Crippen molar-refractivity contribution in [3.05, 3.63) is 70.5 Å². The zero-order valence-corrected chi connectivity index (χ0v) is 16.3. The normalized spacial score (nSPS) is 15.3. The summed E-state index contributed by atoms with van der Waals surface area (Å²) in [5.74, 6) is -0.407. The monoisotopic (exact) mass is 424 g/mol. The molecule has 1 aliphatic heterocycles. The van der Waals surface area contributed by atoms with Gasteiger partial charge in [0, 0.05) is 43.8 Å². The molecule has 0 N–H and O–H groups in total. The highest BCUT2D eigenvalue weighted by Gasteiger charge is 2.20. The number of carbonyl (C=O) groups excluding carboxylic acids is 1. The number of hydrogen-bond donors (Lipinski definition) is 0. The van der Waals surface area contributed by atoms with Crippen molar-refractivity contribution in [3.8, 4) is 5.75 Å². The zero-order valence-electron chi connectivity index (χ0n) is 15.5. The maximum absolute atomic E-state index is 13.1. The van der Waals surface area contributed by atoms with Crippen LogP contribution in [0.15, 0.2) is 48.5 Å². The van der Waals surface area contributed by atoms with Gasteiger partial charge in [0.05, 0.1) is 0 Å². The number of alkyl halides is 2. The highest BCUT2D eigenvalue weighted by molar-refractivity contribution is 6.31. The molecule has 1 saturated heterocycles. The van der Waals surface area contributed by atoms with Crippen LogP contribution in [0.2, 0.25) is 5.02 Å². The number of halogens is 4. The molecule has 1 heterocycles. The van der Waals surface area contributed by atoms with Gasteiger partial charge in [0.1, 0.15) is 11.6 Å². The Morgan fingerprint density at radius 3 is 2.41 bits per heavy atom. The van der Waals surface area contributed by atoms with Gasteiger partial charge in [-0.2, -0.15) is 8.78 Å². The fourth-order valence-electron chi connectivity index (χ4n) is 3.05. The van der Waals surface area contributed by atoms with Gasteiger partial charge in [-0.15, -0.1) is 0 Å². The Balaban J connectivity index is 1.48. The van der Waals surface area contributed by atoms with E-state index in [-0.39, 0.29) is 17.5 Å². The SMILES string of the molecule is O=C(/C=C\c1ccc(OC(F)F)cc1)N1CCN(Cc2ccc(F)cc2Cl)CC1. The lowest BCUT2D eigenvalue weighted by Crippen LogP contribution is -2.47. The van der Waals surface area contributed by atoms with Crippen molar-refractivity contribution in [2.75, 3.05) is 26.2 Å². The summed E-state index contributed by atoms with van der Waals surface area (Å²) in [6.45, 7) is 0.256. The number of hydrogen-bond acceptors (Lipinski definition) is 3. The lowest BCUT2D eigenvalue weighted by Gasteiger charge is -2.34. The molecule has 154 valence electrons. The maximum Gasteiger partial charge on any atom is 0.387 e. The third-order valence-corrected chi connectivity index (χ3v) is 4.97. The summed E-state index contributed by atoms with van der Waals surface area (Å²) in [7, 11) is 0. The molecule has 0 radical (unpaired) electrons. The van der Waals surface area contributed by atoms with E-state index in [1.807, 2.05) is 0 Å². The molecule has 29 heavy (non-hydrogen) atoms. The number of piperazine rings is 1. The van der Waals surface area contributed by atoms with Crippen molar-refractivity contribution in [1.82, 2.24) is 9.80 Å². The molecule has 2 aromatic rings. The Kier molecular flexibility index (Phi) is 7.17. The predicted octanol–water partition coefficient (Wildman–Crippen LogP) is 4.44. The first kappa shape index (κ1) is 21.2. The van der Waals surface area contributed by atoms with Crippen LogP contribution in [0.3, 0.4) is 0 Å². The summed E-state index contributed by atoms with van der Waals surface area (Å²) < 4.78 is 41.7. The van der Waals surface area contributed by atoms with E-state index in [0.717, 1.165) is 5.56 Å². The summed E-state index contributed by atoms with van der Waals surface area (Å²) in [5.41, 5.74) is 1.57. The van der Waals surface area contributed by atoms with E-state index < -0.39 is 6.61 Å². The third-order valence-electron chi connectivity index (χ3n) is 4.62. The van der Waals surface area contributed by atoms with Crippen molar-refractivity contribution in [1.29, 1.82) is 0 Å². The fourth-order valence-corrected chi connectivity index (χ4v) is 3.28. The molecule has 1 amide bonds. The Hall–Kier alpha value is -2.51. The van der Waals surface area contributed by atoms with Crippen LogP contribution in [0.25, 0.3) is 6.08 Å². The second-order valence-electron chi connectivity index (χ2n) is 6.62. The smallest absolute Gasteiger partial charge is 0.387 e. The summed E-state index contributed by atoms with van der Waals surface area (Å²) >= 11 is 6.08. The van der Waals surface area contributed by atoms with E-state index in [2.05, 4.69) is 9.64 Å². The summed E-state index contributed by atoms with van der Waals surface area (Å²) in [6.07, 6.45) is 3.11. The Morgan fingerprint density at radius 1 is 1.10 bits per heavy atom. The quantitative estimate of drug-likeness (QED) is 0.643. The van der Waals surface area contributed by atoms with Crippen LogP contribution >= 0.6 is 11.6 Å². The minimum absolute atomic E-state index is 0.0702. The minimum Gasteiger partial charge on any atom is -0.435 e.